The van der Waals surface area contributed by atoms with Crippen LogP contribution in [0.15, 0.2) is 23.2 Å². The number of amides is 1. The van der Waals surface area contributed by atoms with Crippen LogP contribution in [0.3, 0.4) is 0 Å². The summed E-state index contributed by atoms with van der Waals surface area (Å²) in [6, 6.07) is 6.08. The number of likely N-dealkylation sites (tertiary alicyclic amines) is 1. The summed E-state index contributed by atoms with van der Waals surface area (Å²) in [4.78, 5) is 31.0. The van der Waals surface area contributed by atoms with Crippen LogP contribution in [-0.4, -0.2) is 54.3 Å². The zero-order valence-electron chi connectivity index (χ0n) is 18.6. The number of fused-ring (bicyclic) bond motifs is 1. The number of benzene rings is 1. The first kappa shape index (κ1) is 22.3. The van der Waals surface area contributed by atoms with E-state index >= 15 is 0 Å². The summed E-state index contributed by atoms with van der Waals surface area (Å²) in [6.07, 6.45) is 2.98. The number of carboxylic acids is 1. The first-order valence-electron chi connectivity index (χ1n) is 10.9. The van der Waals surface area contributed by atoms with Gasteiger partial charge in [0.05, 0.1) is 7.11 Å². The Bertz CT molecular complexity index is 825. The highest BCUT2D eigenvalue weighted by Gasteiger charge is 2.35. The van der Waals surface area contributed by atoms with Crippen LogP contribution in [0, 0.1) is 17.3 Å². The molecule has 0 aliphatic carbocycles. The fourth-order valence-electron chi connectivity index (χ4n) is 4.60. The van der Waals surface area contributed by atoms with Gasteiger partial charge in [0.25, 0.3) is 0 Å². The first-order valence-corrected chi connectivity index (χ1v) is 10.9. The largest absolute Gasteiger partial charge is 0.497 e. The van der Waals surface area contributed by atoms with Gasteiger partial charge in [-0.3, -0.25) is 14.6 Å². The van der Waals surface area contributed by atoms with Crippen LogP contribution in [0.25, 0.3) is 0 Å². The number of carbonyl (C=O) groups is 2. The lowest BCUT2D eigenvalue weighted by Gasteiger charge is -2.39. The van der Waals surface area contributed by atoms with Crippen LogP contribution < -0.4 is 4.74 Å². The van der Waals surface area contributed by atoms with Gasteiger partial charge < -0.3 is 14.7 Å². The van der Waals surface area contributed by atoms with Crippen molar-refractivity contribution in [2.75, 3.05) is 26.7 Å². The fraction of sp³-hybridized carbons (Fsp3) is 0.625. The molecule has 2 aliphatic heterocycles. The van der Waals surface area contributed by atoms with E-state index in [0.717, 1.165) is 36.4 Å². The maximum atomic E-state index is 12.8. The second-order valence-corrected chi connectivity index (χ2v) is 9.79. The Morgan fingerprint density at radius 3 is 2.70 bits per heavy atom. The molecule has 3 rings (SSSR count). The van der Waals surface area contributed by atoms with Crippen LogP contribution in [0.5, 0.6) is 5.75 Å². The van der Waals surface area contributed by atoms with E-state index in [2.05, 4.69) is 32.9 Å². The van der Waals surface area contributed by atoms with Crippen LogP contribution in [-0.2, 0) is 16.0 Å². The zero-order chi connectivity index (χ0) is 21.9. The van der Waals surface area contributed by atoms with Gasteiger partial charge in [-0.2, -0.15) is 0 Å². The molecule has 0 radical (unpaired) electrons. The van der Waals surface area contributed by atoms with E-state index in [1.807, 2.05) is 11.0 Å². The third kappa shape index (κ3) is 5.61. The molecular formula is C24H34N2O4. The second kappa shape index (κ2) is 9.19. The van der Waals surface area contributed by atoms with Crippen molar-refractivity contribution >= 4 is 17.6 Å². The highest BCUT2D eigenvalue weighted by Crippen LogP contribution is 2.33. The van der Waals surface area contributed by atoms with Crippen molar-refractivity contribution in [1.29, 1.82) is 0 Å². The van der Waals surface area contributed by atoms with E-state index < -0.39 is 5.97 Å². The standard InChI is InChI=1S/C24H34N2O4/c1-24(2,3)14-22(27)26-10-8-16(13-23(28)29)18(15-26)12-21-20-6-5-19(30-4)11-17(20)7-9-25-21/h5-6,11,16,18H,7-10,12-15H2,1-4H3,(H,28,29)/t16-,18-/m0/s1. The molecule has 2 atom stereocenters. The molecule has 0 unspecified atom stereocenters. The molecule has 164 valence electrons. The van der Waals surface area contributed by atoms with Crippen molar-refractivity contribution in [2.45, 2.75) is 52.9 Å². The molecule has 0 saturated carbocycles. The molecule has 0 spiro atoms. The number of carboxylic acid groups (broad SMARTS) is 1. The van der Waals surface area contributed by atoms with Gasteiger partial charge in [-0.1, -0.05) is 20.8 Å². The third-order valence-electron chi connectivity index (χ3n) is 6.13. The Morgan fingerprint density at radius 2 is 2.03 bits per heavy atom. The van der Waals surface area contributed by atoms with E-state index in [1.165, 1.54) is 5.56 Å². The second-order valence-electron chi connectivity index (χ2n) is 9.79. The van der Waals surface area contributed by atoms with Crippen molar-refractivity contribution in [3.8, 4) is 5.75 Å². The number of ether oxygens (including phenoxy) is 1. The monoisotopic (exact) mass is 414 g/mol. The molecule has 30 heavy (non-hydrogen) atoms. The lowest BCUT2D eigenvalue weighted by Crippen LogP contribution is -2.46. The van der Waals surface area contributed by atoms with E-state index in [4.69, 9.17) is 9.73 Å². The van der Waals surface area contributed by atoms with Crippen LogP contribution in [0.1, 0.15) is 57.6 Å². The minimum absolute atomic E-state index is 0.0596. The summed E-state index contributed by atoms with van der Waals surface area (Å²) in [6.45, 7) is 8.20. The molecule has 2 aliphatic rings. The van der Waals surface area contributed by atoms with Gasteiger partial charge in [0.1, 0.15) is 5.75 Å². The Morgan fingerprint density at radius 1 is 1.27 bits per heavy atom. The van der Waals surface area contributed by atoms with Gasteiger partial charge in [0.2, 0.25) is 5.91 Å². The summed E-state index contributed by atoms with van der Waals surface area (Å²) >= 11 is 0. The molecule has 1 saturated heterocycles. The van der Waals surface area contributed by atoms with Crippen molar-refractivity contribution in [1.82, 2.24) is 4.90 Å². The minimum Gasteiger partial charge on any atom is -0.497 e. The lowest BCUT2D eigenvalue weighted by atomic mass is 9.78. The highest BCUT2D eigenvalue weighted by molar-refractivity contribution is 6.03. The molecule has 1 amide bonds. The average Bonchev–Trinajstić information content (AvgIpc) is 2.67. The van der Waals surface area contributed by atoms with Gasteiger partial charge in [0.15, 0.2) is 0 Å². The van der Waals surface area contributed by atoms with E-state index in [-0.39, 0.29) is 29.6 Å². The highest BCUT2D eigenvalue weighted by atomic mass is 16.5. The topological polar surface area (TPSA) is 79.2 Å². The number of rotatable bonds is 6. The molecule has 1 aromatic rings. The molecule has 6 heteroatoms. The molecule has 6 nitrogen and oxygen atoms in total. The SMILES string of the molecule is COc1ccc2c(c1)CCN=C2C[C@H]1CN(C(=O)CC(C)(C)C)CC[C@H]1CC(=O)O. The Labute approximate surface area is 179 Å². The zero-order valence-corrected chi connectivity index (χ0v) is 18.6. The average molecular weight is 415 g/mol. The van der Waals surface area contributed by atoms with Crippen LogP contribution in [0.2, 0.25) is 0 Å². The number of piperidine rings is 1. The van der Waals surface area contributed by atoms with Gasteiger partial charge >= 0.3 is 5.97 Å². The first-order chi connectivity index (χ1) is 14.2. The molecule has 0 bridgehead atoms. The van der Waals surface area contributed by atoms with Crippen molar-refractivity contribution in [3.63, 3.8) is 0 Å². The van der Waals surface area contributed by atoms with Gasteiger partial charge in [-0.05, 0) is 65.8 Å². The summed E-state index contributed by atoms with van der Waals surface area (Å²) < 4.78 is 5.36. The minimum atomic E-state index is -0.768. The molecule has 0 aromatic heterocycles. The number of hydrogen-bond acceptors (Lipinski definition) is 4. The maximum Gasteiger partial charge on any atom is 0.303 e. The lowest BCUT2D eigenvalue weighted by molar-refractivity contribution is -0.140. The van der Waals surface area contributed by atoms with Crippen molar-refractivity contribution in [2.24, 2.45) is 22.2 Å². The van der Waals surface area contributed by atoms with Crippen molar-refractivity contribution < 1.29 is 19.4 Å². The number of methoxy groups -OCH3 is 1. The van der Waals surface area contributed by atoms with Gasteiger partial charge in [0, 0.05) is 38.2 Å². The third-order valence-corrected chi connectivity index (χ3v) is 6.13. The Kier molecular flexibility index (Phi) is 6.84. The van der Waals surface area contributed by atoms with Gasteiger partial charge in [-0.15, -0.1) is 0 Å². The molecule has 1 fully saturated rings. The predicted octanol–water partition coefficient (Wildman–Crippen LogP) is 3.81. The quantitative estimate of drug-likeness (QED) is 0.768. The normalized spacial score (nSPS) is 21.6. The number of hydrogen-bond donors (Lipinski definition) is 1. The predicted molar refractivity (Wildman–Crippen MR) is 117 cm³/mol. The number of carbonyl (C=O) groups excluding carboxylic acids is 1. The number of aliphatic carboxylic acids is 1. The maximum absolute atomic E-state index is 12.8. The van der Waals surface area contributed by atoms with Gasteiger partial charge in [-0.25, -0.2) is 0 Å². The Balaban J connectivity index is 1.78. The summed E-state index contributed by atoms with van der Waals surface area (Å²) in [7, 11) is 1.67. The summed E-state index contributed by atoms with van der Waals surface area (Å²) in [5, 5.41) is 9.41. The van der Waals surface area contributed by atoms with Crippen LogP contribution >= 0.6 is 0 Å². The van der Waals surface area contributed by atoms with Crippen molar-refractivity contribution in [3.05, 3.63) is 29.3 Å². The smallest absolute Gasteiger partial charge is 0.303 e. The molecule has 1 N–H and O–H groups in total. The number of nitrogens with zero attached hydrogens (tertiary/aromatic N) is 2. The van der Waals surface area contributed by atoms with E-state index in [0.29, 0.717) is 25.9 Å². The van der Waals surface area contributed by atoms with E-state index in [9.17, 15) is 14.7 Å². The summed E-state index contributed by atoms with van der Waals surface area (Å²) in [5.41, 5.74) is 3.33. The number of aliphatic imine (C=N–C) groups is 1. The molecule has 1 aromatic carbocycles. The molecule has 2 heterocycles. The van der Waals surface area contributed by atoms with E-state index in [1.54, 1.807) is 7.11 Å². The molecular weight excluding hydrogens is 380 g/mol. The Hall–Kier alpha value is -2.37. The van der Waals surface area contributed by atoms with Crippen LogP contribution in [0.4, 0.5) is 0 Å². The summed E-state index contributed by atoms with van der Waals surface area (Å²) in [5.74, 6) is 0.403. The fourth-order valence-corrected chi connectivity index (χ4v) is 4.60.